The third kappa shape index (κ3) is 2.14. The fourth-order valence-electron chi connectivity index (χ4n) is 1.20. The smallest absolute Gasteiger partial charge is 0.139 e. The summed E-state index contributed by atoms with van der Waals surface area (Å²) in [6.07, 6.45) is 0.606. The predicted octanol–water partition coefficient (Wildman–Crippen LogP) is 1.66. The van der Waals surface area contributed by atoms with Gasteiger partial charge in [-0.1, -0.05) is 0 Å². The van der Waals surface area contributed by atoms with E-state index in [4.69, 9.17) is 10.5 Å². The molecule has 0 aromatic heterocycles. The van der Waals surface area contributed by atoms with Crippen LogP contribution in [-0.4, -0.2) is 18.8 Å². The Morgan fingerprint density at radius 3 is 2.77 bits per heavy atom. The van der Waals surface area contributed by atoms with E-state index in [1.807, 2.05) is 0 Å². The molecule has 1 rings (SSSR count). The first-order valence-electron chi connectivity index (χ1n) is 3.95. The van der Waals surface area contributed by atoms with E-state index in [0.717, 1.165) is 10.0 Å². The highest BCUT2D eigenvalue weighted by Gasteiger charge is 2.10. The SMILES string of the molecule is COc1c(Br)ccc(O)c1CCN. The number of rotatable bonds is 3. The highest BCUT2D eigenvalue weighted by atomic mass is 79.9. The minimum atomic E-state index is 0.227. The molecule has 0 amide bonds. The van der Waals surface area contributed by atoms with Crippen molar-refractivity contribution in [1.82, 2.24) is 0 Å². The number of phenolic OH excluding ortho intramolecular Hbond substituents is 1. The van der Waals surface area contributed by atoms with E-state index >= 15 is 0 Å². The summed E-state index contributed by atoms with van der Waals surface area (Å²) in [7, 11) is 1.57. The van der Waals surface area contributed by atoms with Gasteiger partial charge in [0.25, 0.3) is 0 Å². The topological polar surface area (TPSA) is 55.5 Å². The average molecular weight is 246 g/mol. The second kappa shape index (κ2) is 4.48. The third-order valence-corrected chi connectivity index (χ3v) is 2.41. The van der Waals surface area contributed by atoms with E-state index in [9.17, 15) is 5.11 Å². The number of halogens is 1. The van der Waals surface area contributed by atoms with Crippen LogP contribution in [0.2, 0.25) is 0 Å². The van der Waals surface area contributed by atoms with Crippen molar-refractivity contribution in [3.05, 3.63) is 22.2 Å². The van der Waals surface area contributed by atoms with Crippen LogP contribution >= 0.6 is 15.9 Å². The summed E-state index contributed by atoms with van der Waals surface area (Å²) in [6.45, 7) is 0.486. The molecule has 0 radical (unpaired) electrons. The largest absolute Gasteiger partial charge is 0.508 e. The molecule has 3 nitrogen and oxygen atoms in total. The average Bonchev–Trinajstić information content (AvgIpc) is 2.12. The van der Waals surface area contributed by atoms with Crippen molar-refractivity contribution in [3.8, 4) is 11.5 Å². The molecular weight excluding hydrogens is 234 g/mol. The first kappa shape index (κ1) is 10.3. The van der Waals surface area contributed by atoms with Gasteiger partial charge in [0, 0.05) is 5.56 Å². The van der Waals surface area contributed by atoms with Crippen LogP contribution < -0.4 is 10.5 Å². The molecule has 0 spiro atoms. The molecule has 0 unspecified atom stereocenters. The fraction of sp³-hybridized carbons (Fsp3) is 0.333. The molecule has 13 heavy (non-hydrogen) atoms. The second-order valence-corrected chi connectivity index (χ2v) is 3.47. The van der Waals surface area contributed by atoms with E-state index in [1.54, 1.807) is 19.2 Å². The van der Waals surface area contributed by atoms with Gasteiger partial charge >= 0.3 is 0 Å². The van der Waals surface area contributed by atoms with Crippen LogP contribution in [0.4, 0.5) is 0 Å². The highest BCUT2D eigenvalue weighted by Crippen LogP contribution is 2.34. The summed E-state index contributed by atoms with van der Waals surface area (Å²) in [5.74, 6) is 0.885. The highest BCUT2D eigenvalue weighted by molar-refractivity contribution is 9.10. The quantitative estimate of drug-likeness (QED) is 0.852. The number of hydrogen-bond donors (Lipinski definition) is 2. The fourth-order valence-corrected chi connectivity index (χ4v) is 1.73. The molecule has 0 fully saturated rings. The summed E-state index contributed by atoms with van der Waals surface area (Å²) < 4.78 is 5.98. The maximum atomic E-state index is 9.52. The Bertz CT molecular complexity index is 302. The van der Waals surface area contributed by atoms with Crippen molar-refractivity contribution >= 4 is 15.9 Å². The maximum Gasteiger partial charge on any atom is 0.139 e. The summed E-state index contributed by atoms with van der Waals surface area (Å²) in [4.78, 5) is 0. The van der Waals surface area contributed by atoms with Gasteiger partial charge in [0.2, 0.25) is 0 Å². The molecule has 0 bridgehead atoms. The molecule has 0 saturated carbocycles. The van der Waals surface area contributed by atoms with Crippen LogP contribution in [0.1, 0.15) is 5.56 Å². The number of phenols is 1. The van der Waals surface area contributed by atoms with Crippen LogP contribution in [0, 0.1) is 0 Å². The van der Waals surface area contributed by atoms with Gasteiger partial charge < -0.3 is 15.6 Å². The molecule has 0 aliphatic heterocycles. The Balaban J connectivity index is 3.18. The predicted molar refractivity (Wildman–Crippen MR) is 55.1 cm³/mol. The van der Waals surface area contributed by atoms with Crippen LogP contribution in [0.25, 0.3) is 0 Å². The van der Waals surface area contributed by atoms with Gasteiger partial charge in [-0.25, -0.2) is 0 Å². The summed E-state index contributed by atoms with van der Waals surface area (Å²) >= 11 is 3.33. The van der Waals surface area contributed by atoms with E-state index in [-0.39, 0.29) is 5.75 Å². The van der Waals surface area contributed by atoms with Crippen LogP contribution in [0.3, 0.4) is 0 Å². The van der Waals surface area contributed by atoms with Crippen molar-refractivity contribution in [2.75, 3.05) is 13.7 Å². The van der Waals surface area contributed by atoms with Crippen molar-refractivity contribution in [2.24, 2.45) is 5.73 Å². The van der Waals surface area contributed by atoms with E-state index in [1.165, 1.54) is 0 Å². The normalized spacial score (nSPS) is 10.1. The number of aromatic hydroxyl groups is 1. The van der Waals surface area contributed by atoms with Crippen molar-refractivity contribution in [1.29, 1.82) is 0 Å². The molecule has 0 aliphatic rings. The monoisotopic (exact) mass is 245 g/mol. The van der Waals surface area contributed by atoms with Crippen molar-refractivity contribution in [3.63, 3.8) is 0 Å². The Labute approximate surface area is 85.6 Å². The van der Waals surface area contributed by atoms with Gasteiger partial charge in [-0.2, -0.15) is 0 Å². The molecule has 4 heteroatoms. The van der Waals surface area contributed by atoms with Crippen LogP contribution in [0.5, 0.6) is 11.5 Å². The van der Waals surface area contributed by atoms with Crippen molar-refractivity contribution in [2.45, 2.75) is 6.42 Å². The molecule has 1 aromatic rings. The summed E-state index contributed by atoms with van der Waals surface area (Å²) in [5, 5.41) is 9.52. The Morgan fingerprint density at radius 1 is 1.54 bits per heavy atom. The molecule has 0 heterocycles. The van der Waals surface area contributed by atoms with Crippen LogP contribution in [0.15, 0.2) is 16.6 Å². The lowest BCUT2D eigenvalue weighted by Crippen LogP contribution is -2.04. The number of nitrogens with two attached hydrogens (primary N) is 1. The molecule has 1 aromatic carbocycles. The third-order valence-electron chi connectivity index (χ3n) is 1.79. The maximum absolute atomic E-state index is 9.52. The Morgan fingerprint density at radius 2 is 2.23 bits per heavy atom. The Kier molecular flexibility index (Phi) is 3.57. The molecule has 0 saturated heterocycles. The number of hydrogen-bond acceptors (Lipinski definition) is 3. The van der Waals surface area contributed by atoms with E-state index < -0.39 is 0 Å². The van der Waals surface area contributed by atoms with Gasteiger partial charge in [0.05, 0.1) is 11.6 Å². The number of methoxy groups -OCH3 is 1. The lowest BCUT2D eigenvalue weighted by Gasteiger charge is -2.10. The molecular formula is C9H12BrNO2. The molecule has 3 N–H and O–H groups in total. The second-order valence-electron chi connectivity index (χ2n) is 2.62. The zero-order valence-electron chi connectivity index (χ0n) is 7.38. The van der Waals surface area contributed by atoms with Gasteiger partial charge in [-0.3, -0.25) is 0 Å². The van der Waals surface area contributed by atoms with Gasteiger partial charge in [-0.15, -0.1) is 0 Å². The lowest BCUT2D eigenvalue weighted by molar-refractivity contribution is 0.397. The first-order valence-corrected chi connectivity index (χ1v) is 4.74. The minimum Gasteiger partial charge on any atom is -0.508 e. The molecule has 72 valence electrons. The van der Waals surface area contributed by atoms with E-state index in [2.05, 4.69) is 15.9 Å². The van der Waals surface area contributed by atoms with Gasteiger partial charge in [0.15, 0.2) is 0 Å². The van der Waals surface area contributed by atoms with E-state index in [0.29, 0.717) is 18.7 Å². The van der Waals surface area contributed by atoms with Crippen molar-refractivity contribution < 1.29 is 9.84 Å². The minimum absolute atomic E-state index is 0.227. The molecule has 0 atom stereocenters. The Hall–Kier alpha value is -0.740. The van der Waals surface area contributed by atoms with Gasteiger partial charge in [-0.05, 0) is 41.0 Å². The first-order chi connectivity index (χ1) is 6.20. The zero-order valence-corrected chi connectivity index (χ0v) is 8.97. The van der Waals surface area contributed by atoms with Gasteiger partial charge in [0.1, 0.15) is 11.5 Å². The number of benzene rings is 1. The van der Waals surface area contributed by atoms with Crippen LogP contribution in [-0.2, 0) is 6.42 Å². The lowest BCUT2D eigenvalue weighted by atomic mass is 10.1. The molecule has 0 aliphatic carbocycles. The standard InChI is InChI=1S/C9H12BrNO2/c1-13-9-6(4-5-11)8(12)3-2-7(9)10/h2-3,12H,4-5,11H2,1H3. The summed E-state index contributed by atoms with van der Waals surface area (Å²) in [5.41, 5.74) is 6.17. The summed E-state index contributed by atoms with van der Waals surface area (Å²) in [6, 6.07) is 3.37. The number of ether oxygens (including phenoxy) is 1. The zero-order chi connectivity index (χ0) is 9.84.